The van der Waals surface area contributed by atoms with Gasteiger partial charge in [0.2, 0.25) is 5.82 Å². The van der Waals surface area contributed by atoms with Crippen LogP contribution in [0.1, 0.15) is 87.6 Å². The highest BCUT2D eigenvalue weighted by Crippen LogP contribution is 2.39. The number of amides is 1. The molecule has 0 spiro atoms. The second-order valence-corrected chi connectivity index (χ2v) is 9.84. The molecule has 7 nitrogen and oxygen atoms in total. The number of unbranched alkanes of at least 4 members (excludes halogenated alkanes) is 2. The van der Waals surface area contributed by atoms with Gasteiger partial charge >= 0.3 is 0 Å². The molecule has 3 heterocycles. The normalized spacial score (nSPS) is 17.8. The highest BCUT2D eigenvalue weighted by atomic mass is 16.2. The molecule has 1 unspecified atom stereocenters. The number of nitrogens with one attached hydrogen (secondary N) is 1. The largest absolute Gasteiger partial charge is 0.357 e. The Morgan fingerprint density at radius 3 is 2.40 bits per heavy atom. The first-order valence-electron chi connectivity index (χ1n) is 13.7. The van der Waals surface area contributed by atoms with Crippen molar-refractivity contribution in [2.45, 2.75) is 71.4 Å². The summed E-state index contributed by atoms with van der Waals surface area (Å²) < 4.78 is 0. The fourth-order valence-corrected chi connectivity index (χ4v) is 5.08. The van der Waals surface area contributed by atoms with E-state index in [0.717, 1.165) is 69.8 Å². The van der Waals surface area contributed by atoms with Crippen molar-refractivity contribution in [2.24, 2.45) is 0 Å². The Hall–Kier alpha value is -2.67. The molecule has 0 radical (unpaired) electrons. The first kappa shape index (κ1) is 25.4. The van der Waals surface area contributed by atoms with E-state index in [2.05, 4.69) is 58.2 Å². The molecule has 1 N–H and O–H groups in total. The minimum absolute atomic E-state index is 0.00323. The van der Waals surface area contributed by atoms with Gasteiger partial charge < -0.3 is 20.0 Å². The molecule has 35 heavy (non-hydrogen) atoms. The van der Waals surface area contributed by atoms with Gasteiger partial charge in [0, 0.05) is 19.6 Å². The number of aromatic nitrogens is 2. The fourth-order valence-electron chi connectivity index (χ4n) is 5.08. The number of benzene rings is 1. The van der Waals surface area contributed by atoms with Gasteiger partial charge in [-0.25, -0.2) is 9.97 Å². The number of anilines is 2. The lowest BCUT2D eigenvalue weighted by molar-refractivity contribution is 0.0739. The van der Waals surface area contributed by atoms with E-state index in [-0.39, 0.29) is 12.1 Å². The van der Waals surface area contributed by atoms with Gasteiger partial charge in [0.05, 0.1) is 11.9 Å². The number of carbonyl (C=O) groups is 1. The maximum absolute atomic E-state index is 13.4. The number of hydrogen-bond donors (Lipinski definition) is 1. The van der Waals surface area contributed by atoms with Gasteiger partial charge in [-0.1, -0.05) is 63.4 Å². The second-order valence-electron chi connectivity index (χ2n) is 9.84. The highest BCUT2D eigenvalue weighted by molar-refractivity contribution is 5.91. The third-order valence-electron chi connectivity index (χ3n) is 7.12. The van der Waals surface area contributed by atoms with Crippen molar-refractivity contribution in [3.8, 4) is 0 Å². The topological polar surface area (TPSA) is 64.6 Å². The Bertz CT molecular complexity index is 922. The van der Waals surface area contributed by atoms with Crippen molar-refractivity contribution in [3.05, 3.63) is 47.9 Å². The van der Waals surface area contributed by atoms with Gasteiger partial charge in [0.15, 0.2) is 5.82 Å². The molecule has 0 aliphatic carbocycles. The molecule has 190 valence electrons. The smallest absolute Gasteiger partial charge is 0.291 e. The van der Waals surface area contributed by atoms with Crippen molar-refractivity contribution < 1.29 is 4.79 Å². The average Bonchev–Trinajstić information content (AvgIpc) is 3.27. The zero-order valence-corrected chi connectivity index (χ0v) is 21.6. The van der Waals surface area contributed by atoms with E-state index in [0.29, 0.717) is 5.82 Å². The van der Waals surface area contributed by atoms with Crippen LogP contribution in [0, 0.1) is 0 Å². The molecule has 2 aromatic rings. The summed E-state index contributed by atoms with van der Waals surface area (Å²) >= 11 is 0. The number of carbonyl (C=O) groups excluding carboxylic acids is 1. The molecule has 1 saturated heterocycles. The van der Waals surface area contributed by atoms with Gasteiger partial charge in [0.25, 0.3) is 5.91 Å². The zero-order valence-electron chi connectivity index (χ0n) is 21.6. The van der Waals surface area contributed by atoms with E-state index >= 15 is 0 Å². The molecule has 2 aliphatic rings. The predicted octanol–water partition coefficient (Wildman–Crippen LogP) is 5.33. The Labute approximate surface area is 210 Å². The van der Waals surface area contributed by atoms with E-state index in [4.69, 9.17) is 4.98 Å². The van der Waals surface area contributed by atoms with E-state index in [1.54, 1.807) is 6.20 Å². The monoisotopic (exact) mass is 478 g/mol. The van der Waals surface area contributed by atoms with Gasteiger partial charge in [-0.3, -0.25) is 4.79 Å². The molecule has 4 rings (SSSR count). The van der Waals surface area contributed by atoms with Crippen molar-refractivity contribution in [2.75, 3.05) is 49.5 Å². The van der Waals surface area contributed by atoms with E-state index in [1.165, 1.54) is 37.9 Å². The van der Waals surface area contributed by atoms with Gasteiger partial charge in [-0.2, -0.15) is 0 Å². The number of hydrogen-bond acceptors (Lipinski definition) is 6. The second kappa shape index (κ2) is 12.9. The van der Waals surface area contributed by atoms with Crippen LogP contribution >= 0.6 is 0 Å². The minimum atomic E-state index is -0.0499. The first-order chi connectivity index (χ1) is 17.2. The van der Waals surface area contributed by atoms with Crippen LogP contribution < -0.4 is 10.2 Å². The van der Waals surface area contributed by atoms with E-state index in [9.17, 15) is 4.79 Å². The third-order valence-corrected chi connectivity index (χ3v) is 7.12. The number of piperidine rings is 1. The molecule has 1 amide bonds. The molecule has 1 aromatic heterocycles. The summed E-state index contributed by atoms with van der Waals surface area (Å²) in [4.78, 5) is 29.6. The zero-order chi connectivity index (χ0) is 24.5. The number of nitrogens with zero attached hydrogens (tertiary/aromatic N) is 5. The van der Waals surface area contributed by atoms with Crippen LogP contribution in [0.5, 0.6) is 0 Å². The summed E-state index contributed by atoms with van der Waals surface area (Å²) in [6.45, 7) is 10.3. The van der Waals surface area contributed by atoms with E-state index < -0.39 is 0 Å². The summed E-state index contributed by atoms with van der Waals surface area (Å²) in [5, 5.41) is 3.62. The van der Waals surface area contributed by atoms with E-state index in [1.807, 2.05) is 11.0 Å². The van der Waals surface area contributed by atoms with Crippen molar-refractivity contribution >= 4 is 17.4 Å². The van der Waals surface area contributed by atoms with Gasteiger partial charge in [-0.05, 0) is 57.3 Å². The standard InChI is InChI=1S/C28H42N6O/c1-3-5-19-33(20-6-4-2)28(35)25-29-22-24-27(31-25)34(21-13-18-32-16-11-8-12-17-32)26(30-24)23-14-9-7-10-15-23/h7,9-10,14-15,22,26,30H,3-6,8,11-13,16-21H2,1-2H3. The third kappa shape index (κ3) is 6.51. The van der Waals surface area contributed by atoms with Gasteiger partial charge in [-0.15, -0.1) is 0 Å². The van der Waals surface area contributed by atoms with Crippen LogP contribution in [0.3, 0.4) is 0 Å². The van der Waals surface area contributed by atoms with Crippen LogP contribution in [0.15, 0.2) is 36.5 Å². The molecule has 1 aromatic carbocycles. The summed E-state index contributed by atoms with van der Waals surface area (Å²) in [5.74, 6) is 1.11. The number of likely N-dealkylation sites (tertiary alicyclic amines) is 1. The maximum atomic E-state index is 13.4. The Morgan fingerprint density at radius 1 is 1.00 bits per heavy atom. The molecule has 1 atom stereocenters. The quantitative estimate of drug-likeness (QED) is 0.445. The molecule has 0 saturated carbocycles. The lowest BCUT2D eigenvalue weighted by atomic mass is 10.1. The Kier molecular flexibility index (Phi) is 9.35. The number of fused-ring (bicyclic) bond motifs is 1. The summed E-state index contributed by atoms with van der Waals surface area (Å²) in [7, 11) is 0. The lowest BCUT2D eigenvalue weighted by Crippen LogP contribution is -2.35. The van der Waals surface area contributed by atoms with Crippen LogP contribution in [0.25, 0.3) is 0 Å². The molecule has 7 heteroatoms. The van der Waals surface area contributed by atoms with Gasteiger partial charge in [0.1, 0.15) is 6.17 Å². The fraction of sp³-hybridized carbons (Fsp3) is 0.607. The minimum Gasteiger partial charge on any atom is -0.357 e. The summed E-state index contributed by atoms with van der Waals surface area (Å²) in [6.07, 6.45) is 11.0. The number of rotatable bonds is 12. The molecule has 1 fully saturated rings. The summed E-state index contributed by atoms with van der Waals surface area (Å²) in [6, 6.07) is 10.5. The molecular weight excluding hydrogens is 436 g/mol. The average molecular weight is 479 g/mol. The first-order valence-corrected chi connectivity index (χ1v) is 13.7. The molecule has 2 aliphatic heterocycles. The van der Waals surface area contributed by atoms with Crippen LogP contribution in [-0.2, 0) is 0 Å². The van der Waals surface area contributed by atoms with Crippen LogP contribution in [0.4, 0.5) is 11.5 Å². The SMILES string of the molecule is CCCCN(CCCC)C(=O)c1ncc2c(n1)N(CCCN1CCCCC1)C(c1ccccc1)N2. The summed E-state index contributed by atoms with van der Waals surface area (Å²) in [5.41, 5.74) is 2.10. The molecule has 0 bridgehead atoms. The van der Waals surface area contributed by atoms with Crippen molar-refractivity contribution in [1.82, 2.24) is 19.8 Å². The predicted molar refractivity (Wildman–Crippen MR) is 143 cm³/mol. The highest BCUT2D eigenvalue weighted by Gasteiger charge is 2.33. The lowest BCUT2D eigenvalue weighted by Gasteiger charge is -2.30. The van der Waals surface area contributed by atoms with Crippen LogP contribution in [-0.4, -0.2) is 64.9 Å². The maximum Gasteiger partial charge on any atom is 0.291 e. The Morgan fingerprint density at radius 2 is 1.71 bits per heavy atom. The Balaban J connectivity index is 1.53. The van der Waals surface area contributed by atoms with Crippen molar-refractivity contribution in [3.63, 3.8) is 0 Å². The van der Waals surface area contributed by atoms with Crippen molar-refractivity contribution in [1.29, 1.82) is 0 Å². The molecular formula is C28H42N6O. The van der Waals surface area contributed by atoms with Crippen LogP contribution in [0.2, 0.25) is 0 Å².